The number of nitrogens with zero attached hydrogens (tertiary/aromatic N) is 2. The Morgan fingerprint density at radius 1 is 1.36 bits per heavy atom. The molecule has 4 rings (SSSR count). The second-order valence-corrected chi connectivity index (χ2v) is 7.87. The molecule has 3 nitrogen and oxygen atoms in total. The summed E-state index contributed by atoms with van der Waals surface area (Å²) < 4.78 is 0. The van der Waals surface area contributed by atoms with Crippen molar-refractivity contribution in [2.75, 3.05) is 6.54 Å². The monoisotopic (exact) mass is 294 g/mol. The van der Waals surface area contributed by atoms with Crippen LogP contribution in [-0.2, 0) is 0 Å². The predicted molar refractivity (Wildman–Crippen MR) is 84.1 cm³/mol. The zero-order valence-corrected chi connectivity index (χ0v) is 13.5. The van der Waals surface area contributed by atoms with E-state index in [-0.39, 0.29) is 16.7 Å². The molecule has 3 fully saturated rings. The first-order valence-electron chi connectivity index (χ1n) is 8.18. The van der Waals surface area contributed by atoms with Gasteiger partial charge in [0.25, 0.3) is 5.91 Å². The normalized spacial score (nSPS) is 41.7. The highest BCUT2D eigenvalue weighted by Gasteiger charge is 2.78. The lowest BCUT2D eigenvalue weighted by molar-refractivity contribution is 0.0429. The quantitative estimate of drug-likeness (QED) is 0.795. The Morgan fingerprint density at radius 3 is 2.73 bits per heavy atom. The molecule has 0 aromatic heterocycles. The minimum atomic E-state index is -0.607. The van der Waals surface area contributed by atoms with Gasteiger partial charge in [0.2, 0.25) is 0 Å². The highest BCUT2D eigenvalue weighted by Crippen LogP contribution is 2.75. The summed E-state index contributed by atoms with van der Waals surface area (Å²) in [5.41, 5.74) is 1.17. The summed E-state index contributed by atoms with van der Waals surface area (Å²) in [6, 6.07) is 10.3. The van der Waals surface area contributed by atoms with E-state index in [1.807, 2.05) is 36.1 Å². The smallest absolute Gasteiger partial charge is 0.255 e. The Labute approximate surface area is 131 Å². The van der Waals surface area contributed by atoms with Gasteiger partial charge in [-0.05, 0) is 49.1 Å². The second-order valence-electron chi connectivity index (χ2n) is 7.87. The molecule has 0 unspecified atom stereocenters. The minimum absolute atomic E-state index is 0.0370. The minimum Gasteiger partial charge on any atom is -0.319 e. The van der Waals surface area contributed by atoms with Crippen LogP contribution in [0.1, 0.15) is 49.0 Å². The molecule has 1 aliphatic heterocycles. The van der Waals surface area contributed by atoms with Crippen molar-refractivity contribution in [2.45, 2.75) is 45.6 Å². The molecule has 1 aromatic carbocycles. The van der Waals surface area contributed by atoms with Crippen molar-refractivity contribution in [1.29, 1.82) is 5.26 Å². The van der Waals surface area contributed by atoms with E-state index in [0.29, 0.717) is 5.92 Å². The topological polar surface area (TPSA) is 44.1 Å². The van der Waals surface area contributed by atoms with Gasteiger partial charge >= 0.3 is 0 Å². The number of carbonyl (C=O) groups is 1. The fraction of sp³-hybridized carbons (Fsp3) is 0.579. The lowest BCUT2D eigenvalue weighted by Gasteiger charge is -2.43. The van der Waals surface area contributed by atoms with Gasteiger partial charge in [-0.15, -0.1) is 0 Å². The molecule has 1 heterocycles. The third-order valence-corrected chi connectivity index (χ3v) is 7.36. The molecule has 1 aromatic rings. The summed E-state index contributed by atoms with van der Waals surface area (Å²) in [6.45, 7) is 7.24. The standard InChI is InChI=1S/C19H22N2O/c1-13-6-4-5-7-15(13)16(22)21-12-17(2)14-8-9-18(17,3)19(21,10-14)11-20/h4-7,14H,8-10,12H2,1-3H3/t14-,17+,18-,19+/m0/s1. The molecule has 0 spiro atoms. The van der Waals surface area contributed by atoms with E-state index in [1.165, 1.54) is 6.42 Å². The molecule has 22 heavy (non-hydrogen) atoms. The van der Waals surface area contributed by atoms with Crippen LogP contribution in [0.15, 0.2) is 24.3 Å². The first kappa shape index (κ1) is 13.8. The van der Waals surface area contributed by atoms with Gasteiger partial charge in [0.15, 0.2) is 0 Å². The molecule has 3 heteroatoms. The average molecular weight is 294 g/mol. The van der Waals surface area contributed by atoms with E-state index in [2.05, 4.69) is 19.9 Å². The van der Waals surface area contributed by atoms with Gasteiger partial charge in [0.1, 0.15) is 5.54 Å². The SMILES string of the molecule is Cc1ccccc1C(=O)N1C[C@]2(C)[C@H]3CC[C@]2(C)[C@]1(C#N)C3. The van der Waals surface area contributed by atoms with Gasteiger partial charge in [-0.1, -0.05) is 32.0 Å². The Morgan fingerprint density at radius 2 is 2.09 bits per heavy atom. The van der Waals surface area contributed by atoms with Crippen LogP contribution in [-0.4, -0.2) is 22.9 Å². The van der Waals surface area contributed by atoms with Crippen molar-refractivity contribution in [3.05, 3.63) is 35.4 Å². The number of benzene rings is 1. The third-order valence-electron chi connectivity index (χ3n) is 7.36. The third kappa shape index (κ3) is 1.23. The summed E-state index contributed by atoms with van der Waals surface area (Å²) in [7, 11) is 0. The highest BCUT2D eigenvalue weighted by molar-refractivity contribution is 5.97. The molecule has 1 amide bonds. The molecule has 0 N–H and O–H groups in total. The number of hydrogen-bond acceptors (Lipinski definition) is 2. The fourth-order valence-corrected chi connectivity index (χ4v) is 5.71. The Balaban J connectivity index is 1.82. The van der Waals surface area contributed by atoms with Crippen molar-refractivity contribution >= 4 is 5.91 Å². The van der Waals surface area contributed by atoms with Gasteiger partial charge in [-0.25, -0.2) is 0 Å². The molecular formula is C19H22N2O. The number of piperidine rings is 1. The van der Waals surface area contributed by atoms with Crippen LogP contribution in [0.2, 0.25) is 0 Å². The first-order chi connectivity index (χ1) is 10.4. The number of rotatable bonds is 1. The second kappa shape index (κ2) is 3.93. The van der Waals surface area contributed by atoms with Crippen molar-refractivity contribution in [3.63, 3.8) is 0 Å². The molecule has 1 saturated heterocycles. The van der Waals surface area contributed by atoms with Crippen LogP contribution in [0.5, 0.6) is 0 Å². The van der Waals surface area contributed by atoms with Gasteiger partial charge in [-0.3, -0.25) is 4.79 Å². The fourth-order valence-electron chi connectivity index (χ4n) is 5.71. The first-order valence-corrected chi connectivity index (χ1v) is 8.18. The van der Waals surface area contributed by atoms with Crippen LogP contribution in [0.25, 0.3) is 0 Å². The Bertz CT molecular complexity index is 720. The van der Waals surface area contributed by atoms with Gasteiger partial charge in [-0.2, -0.15) is 5.26 Å². The van der Waals surface area contributed by atoms with Crippen molar-refractivity contribution < 1.29 is 4.79 Å². The molecule has 2 aliphatic carbocycles. The van der Waals surface area contributed by atoms with Crippen LogP contribution in [0.4, 0.5) is 0 Å². The maximum Gasteiger partial charge on any atom is 0.255 e. The van der Waals surface area contributed by atoms with E-state index < -0.39 is 5.54 Å². The molecular weight excluding hydrogens is 272 g/mol. The summed E-state index contributed by atoms with van der Waals surface area (Å²) in [6.07, 6.45) is 3.14. The summed E-state index contributed by atoms with van der Waals surface area (Å²) in [5, 5.41) is 10.0. The highest BCUT2D eigenvalue weighted by atomic mass is 16.2. The van der Waals surface area contributed by atoms with E-state index in [9.17, 15) is 10.1 Å². The summed E-state index contributed by atoms with van der Waals surface area (Å²) in [4.78, 5) is 15.1. The maximum atomic E-state index is 13.2. The van der Waals surface area contributed by atoms with Gasteiger partial charge in [0, 0.05) is 17.5 Å². The number of nitriles is 1. The van der Waals surface area contributed by atoms with Crippen molar-refractivity contribution in [1.82, 2.24) is 4.90 Å². The van der Waals surface area contributed by atoms with E-state index in [4.69, 9.17) is 0 Å². The van der Waals surface area contributed by atoms with Crippen molar-refractivity contribution in [3.8, 4) is 6.07 Å². The zero-order chi connectivity index (χ0) is 15.8. The lowest BCUT2D eigenvalue weighted by Crippen LogP contribution is -2.54. The molecule has 4 atom stereocenters. The Hall–Kier alpha value is -1.82. The zero-order valence-electron chi connectivity index (χ0n) is 13.5. The van der Waals surface area contributed by atoms with Crippen LogP contribution >= 0.6 is 0 Å². The van der Waals surface area contributed by atoms with E-state index >= 15 is 0 Å². The van der Waals surface area contributed by atoms with E-state index in [0.717, 1.165) is 30.5 Å². The lowest BCUT2D eigenvalue weighted by atomic mass is 9.66. The average Bonchev–Trinajstić information content (AvgIpc) is 2.96. The number of aryl methyl sites for hydroxylation is 1. The largest absolute Gasteiger partial charge is 0.319 e. The number of carbonyl (C=O) groups excluding carboxylic acids is 1. The van der Waals surface area contributed by atoms with Gasteiger partial charge < -0.3 is 4.90 Å². The predicted octanol–water partition coefficient (Wildman–Crippen LogP) is 3.54. The number of likely N-dealkylation sites (tertiary alicyclic amines) is 1. The molecule has 2 saturated carbocycles. The van der Waals surface area contributed by atoms with Crippen LogP contribution < -0.4 is 0 Å². The molecule has 4 bridgehead atoms. The van der Waals surface area contributed by atoms with E-state index in [1.54, 1.807) is 0 Å². The number of amides is 1. The van der Waals surface area contributed by atoms with Crippen LogP contribution in [0, 0.1) is 35.0 Å². The van der Waals surface area contributed by atoms with Gasteiger partial charge in [0.05, 0.1) is 6.07 Å². The maximum absolute atomic E-state index is 13.2. The molecule has 3 aliphatic rings. The summed E-state index contributed by atoms with van der Waals surface area (Å²) in [5.74, 6) is 0.632. The van der Waals surface area contributed by atoms with Crippen molar-refractivity contribution in [2.24, 2.45) is 16.7 Å². The number of hydrogen-bond donors (Lipinski definition) is 0. The summed E-state index contributed by atoms with van der Waals surface area (Å²) >= 11 is 0. The Kier molecular flexibility index (Phi) is 2.47. The van der Waals surface area contributed by atoms with Crippen LogP contribution in [0.3, 0.4) is 0 Å². The molecule has 114 valence electrons. The molecule has 0 radical (unpaired) electrons.